The number of amides is 1. The number of aryl methyl sites for hydroxylation is 1. The number of hydrogen-bond acceptors (Lipinski definition) is 7. The zero-order valence-corrected chi connectivity index (χ0v) is 16.2. The van der Waals surface area contributed by atoms with Crippen molar-refractivity contribution in [2.45, 2.75) is 20.4 Å². The molecule has 0 unspecified atom stereocenters. The maximum absolute atomic E-state index is 12.6. The Bertz CT molecular complexity index is 991. The number of aromatic nitrogens is 3. The Balaban J connectivity index is 1.67. The van der Waals surface area contributed by atoms with E-state index < -0.39 is 5.97 Å². The zero-order valence-electron chi connectivity index (χ0n) is 16.2. The Labute approximate surface area is 168 Å². The molecule has 0 fully saturated rings. The van der Waals surface area contributed by atoms with Gasteiger partial charge >= 0.3 is 5.97 Å². The second-order valence-corrected chi connectivity index (χ2v) is 6.18. The highest BCUT2D eigenvalue weighted by Gasteiger charge is 2.12. The Morgan fingerprint density at radius 2 is 1.90 bits per heavy atom. The molecule has 0 aliphatic rings. The van der Waals surface area contributed by atoms with Crippen molar-refractivity contribution in [1.29, 1.82) is 0 Å². The number of nitrogens with one attached hydrogen (secondary N) is 2. The number of carbonyl (C=O) groups is 2. The highest BCUT2D eigenvalue weighted by Crippen LogP contribution is 2.13. The number of hydrogen-bond donors (Lipinski definition) is 2. The highest BCUT2D eigenvalue weighted by molar-refractivity contribution is 6.03. The van der Waals surface area contributed by atoms with Gasteiger partial charge in [0, 0.05) is 30.3 Å². The van der Waals surface area contributed by atoms with E-state index in [2.05, 4.69) is 25.6 Å². The summed E-state index contributed by atoms with van der Waals surface area (Å²) in [5.41, 5.74) is 2.84. The van der Waals surface area contributed by atoms with E-state index in [1.54, 1.807) is 56.6 Å². The maximum Gasteiger partial charge on any atom is 0.338 e. The van der Waals surface area contributed by atoms with Crippen molar-refractivity contribution < 1.29 is 14.3 Å². The Morgan fingerprint density at radius 3 is 2.59 bits per heavy atom. The summed E-state index contributed by atoms with van der Waals surface area (Å²) in [5.74, 6) is -0.415. The molecule has 0 atom stereocenters. The van der Waals surface area contributed by atoms with E-state index in [1.165, 1.54) is 0 Å². The molecule has 2 N–H and O–H groups in total. The third kappa shape index (κ3) is 5.58. The first kappa shape index (κ1) is 19.9. The van der Waals surface area contributed by atoms with Crippen LogP contribution in [0, 0.1) is 6.92 Å². The van der Waals surface area contributed by atoms with Crippen molar-refractivity contribution in [3.8, 4) is 0 Å². The van der Waals surface area contributed by atoms with Gasteiger partial charge in [-0.15, -0.1) is 0 Å². The van der Waals surface area contributed by atoms with Crippen LogP contribution in [0.3, 0.4) is 0 Å². The third-order valence-corrected chi connectivity index (χ3v) is 3.91. The molecule has 8 heteroatoms. The van der Waals surface area contributed by atoms with Gasteiger partial charge in [-0.25, -0.2) is 14.8 Å². The molecule has 0 radical (unpaired) electrons. The van der Waals surface area contributed by atoms with Gasteiger partial charge in [0.25, 0.3) is 5.91 Å². The molecule has 3 rings (SSSR count). The number of carbonyl (C=O) groups excluding carboxylic acids is 2. The lowest BCUT2D eigenvalue weighted by Crippen LogP contribution is -2.16. The number of benzene rings is 1. The Kier molecular flexibility index (Phi) is 6.47. The molecule has 8 nitrogen and oxygen atoms in total. The monoisotopic (exact) mass is 391 g/mol. The van der Waals surface area contributed by atoms with Crippen LogP contribution in [-0.2, 0) is 11.3 Å². The molecular formula is C21H21N5O3. The lowest BCUT2D eigenvalue weighted by atomic mass is 10.2. The minimum Gasteiger partial charge on any atom is -0.462 e. The van der Waals surface area contributed by atoms with E-state index in [0.29, 0.717) is 36.0 Å². The van der Waals surface area contributed by atoms with Crippen LogP contribution in [0.2, 0.25) is 0 Å². The minimum absolute atomic E-state index is 0.237. The van der Waals surface area contributed by atoms with Gasteiger partial charge in [0.05, 0.1) is 12.2 Å². The van der Waals surface area contributed by atoms with Crippen LogP contribution in [0.4, 0.5) is 11.6 Å². The standard InChI is InChI=1S/C21H21N5O3/c1-3-29-20(28)16-6-8-17(9-7-16)25-19(27)18-11-14(2)24-21(26-18)23-13-15-5-4-10-22-12-15/h4-12H,3,13H2,1-2H3,(H,25,27)(H,23,24,26). The Hall–Kier alpha value is -3.81. The molecule has 3 aromatic rings. The molecule has 29 heavy (non-hydrogen) atoms. The quantitative estimate of drug-likeness (QED) is 0.596. The average molecular weight is 391 g/mol. The van der Waals surface area contributed by atoms with E-state index in [0.717, 1.165) is 5.56 Å². The summed E-state index contributed by atoms with van der Waals surface area (Å²) in [5, 5.41) is 5.86. The molecule has 0 aliphatic heterocycles. The number of pyridine rings is 1. The highest BCUT2D eigenvalue weighted by atomic mass is 16.5. The van der Waals surface area contributed by atoms with E-state index in [-0.39, 0.29) is 11.6 Å². The van der Waals surface area contributed by atoms with Crippen molar-refractivity contribution >= 4 is 23.5 Å². The third-order valence-electron chi connectivity index (χ3n) is 3.91. The molecule has 0 bridgehead atoms. The fraction of sp³-hybridized carbons (Fsp3) is 0.190. The number of anilines is 2. The fourth-order valence-electron chi connectivity index (χ4n) is 2.55. The summed E-state index contributed by atoms with van der Waals surface area (Å²) in [6, 6.07) is 11.9. The molecular weight excluding hydrogens is 370 g/mol. The predicted octanol–water partition coefficient (Wildman–Crippen LogP) is 3.22. The number of ether oxygens (including phenoxy) is 1. The summed E-state index contributed by atoms with van der Waals surface area (Å²) in [6.45, 7) is 4.34. The molecule has 0 aliphatic carbocycles. The number of rotatable bonds is 7. The second-order valence-electron chi connectivity index (χ2n) is 6.18. The summed E-state index contributed by atoms with van der Waals surface area (Å²) in [7, 11) is 0. The minimum atomic E-state index is -0.402. The first-order chi connectivity index (χ1) is 14.0. The van der Waals surface area contributed by atoms with Crippen LogP contribution in [0.15, 0.2) is 54.9 Å². The zero-order chi connectivity index (χ0) is 20.6. The predicted molar refractivity (Wildman–Crippen MR) is 109 cm³/mol. The van der Waals surface area contributed by atoms with Gasteiger partial charge in [0.2, 0.25) is 5.95 Å². The van der Waals surface area contributed by atoms with Gasteiger partial charge in [0.15, 0.2) is 0 Å². The largest absolute Gasteiger partial charge is 0.462 e. The molecule has 0 saturated heterocycles. The first-order valence-electron chi connectivity index (χ1n) is 9.12. The second kappa shape index (κ2) is 9.41. The van der Waals surface area contributed by atoms with Crippen LogP contribution < -0.4 is 10.6 Å². The van der Waals surface area contributed by atoms with E-state index >= 15 is 0 Å². The Morgan fingerprint density at radius 1 is 1.10 bits per heavy atom. The smallest absolute Gasteiger partial charge is 0.338 e. The van der Waals surface area contributed by atoms with Crippen molar-refractivity contribution in [3.05, 3.63) is 77.4 Å². The van der Waals surface area contributed by atoms with Gasteiger partial charge in [-0.3, -0.25) is 9.78 Å². The summed E-state index contributed by atoms with van der Waals surface area (Å²) >= 11 is 0. The summed E-state index contributed by atoms with van der Waals surface area (Å²) < 4.78 is 4.95. The summed E-state index contributed by atoms with van der Waals surface area (Å²) in [6.07, 6.45) is 3.45. The SMILES string of the molecule is CCOC(=O)c1ccc(NC(=O)c2cc(C)nc(NCc3cccnc3)n2)cc1. The average Bonchev–Trinajstić information content (AvgIpc) is 2.73. The van der Waals surface area contributed by atoms with Crippen molar-refractivity contribution in [3.63, 3.8) is 0 Å². The molecule has 2 heterocycles. The van der Waals surface area contributed by atoms with E-state index in [9.17, 15) is 9.59 Å². The molecule has 1 amide bonds. The van der Waals surface area contributed by atoms with Crippen molar-refractivity contribution in [2.75, 3.05) is 17.2 Å². The lowest BCUT2D eigenvalue weighted by Gasteiger charge is -2.09. The molecule has 1 aromatic carbocycles. The van der Waals surface area contributed by atoms with Crippen molar-refractivity contribution in [2.24, 2.45) is 0 Å². The van der Waals surface area contributed by atoms with E-state index in [1.807, 2.05) is 12.1 Å². The van der Waals surface area contributed by atoms with Gasteiger partial charge in [0.1, 0.15) is 5.69 Å². The molecule has 2 aromatic heterocycles. The van der Waals surface area contributed by atoms with Crippen LogP contribution >= 0.6 is 0 Å². The van der Waals surface area contributed by atoms with Gasteiger partial charge in [-0.2, -0.15) is 0 Å². The topological polar surface area (TPSA) is 106 Å². The number of nitrogens with zero attached hydrogens (tertiary/aromatic N) is 3. The van der Waals surface area contributed by atoms with Gasteiger partial charge in [-0.1, -0.05) is 6.07 Å². The lowest BCUT2D eigenvalue weighted by molar-refractivity contribution is 0.0526. The van der Waals surface area contributed by atoms with E-state index in [4.69, 9.17) is 4.74 Å². The number of esters is 1. The fourth-order valence-corrected chi connectivity index (χ4v) is 2.55. The molecule has 0 spiro atoms. The van der Waals surface area contributed by atoms with Crippen molar-refractivity contribution in [1.82, 2.24) is 15.0 Å². The van der Waals surface area contributed by atoms with Crippen LogP contribution in [0.25, 0.3) is 0 Å². The normalized spacial score (nSPS) is 10.3. The van der Waals surface area contributed by atoms with Gasteiger partial charge < -0.3 is 15.4 Å². The molecule has 148 valence electrons. The van der Waals surface area contributed by atoms with Crippen LogP contribution in [0.1, 0.15) is 39.0 Å². The maximum atomic E-state index is 12.6. The van der Waals surface area contributed by atoms with Crippen LogP contribution in [-0.4, -0.2) is 33.4 Å². The molecule has 0 saturated carbocycles. The first-order valence-corrected chi connectivity index (χ1v) is 9.12. The summed E-state index contributed by atoms with van der Waals surface area (Å²) in [4.78, 5) is 36.9. The van der Waals surface area contributed by atoms with Gasteiger partial charge in [-0.05, 0) is 55.8 Å². The van der Waals surface area contributed by atoms with Crippen LogP contribution in [0.5, 0.6) is 0 Å².